The van der Waals surface area contributed by atoms with Crippen molar-refractivity contribution in [3.8, 4) is 0 Å². The highest BCUT2D eigenvalue weighted by Gasteiger charge is 2.39. The fraction of sp³-hybridized carbons (Fsp3) is 0.917. The van der Waals surface area contributed by atoms with Gasteiger partial charge in [0, 0.05) is 24.4 Å². The number of nitrogens with zero attached hydrogens (tertiary/aromatic N) is 2. The van der Waals surface area contributed by atoms with Crippen LogP contribution in [-0.2, 0) is 0 Å². The SMILES string of the molecule is CC1CN=C(NCC2(N(C)C)CCC2)SC1. The van der Waals surface area contributed by atoms with Gasteiger partial charge in [-0.3, -0.25) is 4.99 Å². The van der Waals surface area contributed by atoms with Crippen LogP contribution in [0.25, 0.3) is 0 Å². The Labute approximate surface area is 103 Å². The van der Waals surface area contributed by atoms with Crippen LogP contribution >= 0.6 is 11.8 Å². The zero-order valence-corrected chi connectivity index (χ0v) is 11.4. The molecule has 1 fully saturated rings. The van der Waals surface area contributed by atoms with E-state index in [1.54, 1.807) is 0 Å². The first-order valence-corrected chi connectivity index (χ1v) is 7.19. The van der Waals surface area contributed by atoms with Gasteiger partial charge in [-0.2, -0.15) is 0 Å². The maximum atomic E-state index is 4.58. The van der Waals surface area contributed by atoms with Crippen LogP contribution in [0.5, 0.6) is 0 Å². The van der Waals surface area contributed by atoms with Gasteiger partial charge in [0.2, 0.25) is 0 Å². The Hall–Kier alpha value is -0.220. The fourth-order valence-electron chi connectivity index (χ4n) is 2.27. The highest BCUT2D eigenvalue weighted by Crippen LogP contribution is 2.35. The van der Waals surface area contributed by atoms with Crippen molar-refractivity contribution in [3.05, 3.63) is 0 Å². The lowest BCUT2D eigenvalue weighted by atomic mass is 9.76. The molecule has 1 atom stereocenters. The molecule has 0 amide bonds. The highest BCUT2D eigenvalue weighted by atomic mass is 32.2. The summed E-state index contributed by atoms with van der Waals surface area (Å²) in [6.07, 6.45) is 4.01. The van der Waals surface area contributed by atoms with Crippen LogP contribution < -0.4 is 5.32 Å². The number of nitrogens with one attached hydrogen (secondary N) is 1. The van der Waals surface area contributed by atoms with E-state index in [4.69, 9.17) is 0 Å². The van der Waals surface area contributed by atoms with E-state index in [0.717, 1.165) is 24.2 Å². The van der Waals surface area contributed by atoms with Gasteiger partial charge in [0.25, 0.3) is 0 Å². The average molecular weight is 241 g/mol. The summed E-state index contributed by atoms with van der Waals surface area (Å²) < 4.78 is 0. The number of amidine groups is 1. The normalized spacial score (nSPS) is 28.5. The molecule has 0 aromatic carbocycles. The number of thioether (sulfide) groups is 1. The summed E-state index contributed by atoms with van der Waals surface area (Å²) in [7, 11) is 4.39. The minimum absolute atomic E-state index is 0.395. The van der Waals surface area contributed by atoms with E-state index in [9.17, 15) is 0 Å². The third kappa shape index (κ3) is 2.54. The first-order valence-electron chi connectivity index (χ1n) is 6.21. The van der Waals surface area contributed by atoms with Crippen molar-refractivity contribution in [1.82, 2.24) is 10.2 Å². The predicted molar refractivity (Wildman–Crippen MR) is 72.2 cm³/mol. The summed E-state index contributed by atoms with van der Waals surface area (Å²) in [5, 5.41) is 4.70. The third-order valence-electron chi connectivity index (χ3n) is 3.85. The van der Waals surface area contributed by atoms with E-state index in [1.807, 2.05) is 11.8 Å². The smallest absolute Gasteiger partial charge is 0.156 e. The molecule has 1 heterocycles. The zero-order chi connectivity index (χ0) is 11.6. The lowest BCUT2D eigenvalue weighted by molar-refractivity contribution is 0.0650. The summed E-state index contributed by atoms with van der Waals surface area (Å²) in [6, 6.07) is 0. The van der Waals surface area contributed by atoms with Crippen molar-refractivity contribution in [2.75, 3.05) is 32.9 Å². The fourth-order valence-corrected chi connectivity index (χ4v) is 3.16. The number of hydrogen-bond acceptors (Lipinski definition) is 4. The summed E-state index contributed by atoms with van der Waals surface area (Å²) in [6.45, 7) is 4.31. The van der Waals surface area contributed by atoms with Gasteiger partial charge in [-0.1, -0.05) is 18.7 Å². The van der Waals surface area contributed by atoms with Crippen molar-refractivity contribution in [1.29, 1.82) is 0 Å². The van der Waals surface area contributed by atoms with Crippen LogP contribution in [0.1, 0.15) is 26.2 Å². The number of hydrogen-bond donors (Lipinski definition) is 1. The van der Waals surface area contributed by atoms with Crippen molar-refractivity contribution in [2.24, 2.45) is 10.9 Å². The Kier molecular flexibility index (Phi) is 3.80. The van der Waals surface area contributed by atoms with Crippen LogP contribution in [0, 0.1) is 5.92 Å². The second-order valence-electron chi connectivity index (χ2n) is 5.39. The zero-order valence-electron chi connectivity index (χ0n) is 10.6. The molecule has 1 unspecified atom stereocenters. The second-order valence-corrected chi connectivity index (χ2v) is 6.40. The van der Waals surface area contributed by atoms with Gasteiger partial charge >= 0.3 is 0 Å². The van der Waals surface area contributed by atoms with Gasteiger partial charge in [-0.25, -0.2) is 0 Å². The van der Waals surface area contributed by atoms with Gasteiger partial charge < -0.3 is 10.2 Å². The Morgan fingerprint density at radius 3 is 2.69 bits per heavy atom. The van der Waals surface area contributed by atoms with Crippen LogP contribution in [-0.4, -0.2) is 48.5 Å². The van der Waals surface area contributed by atoms with Crippen molar-refractivity contribution >= 4 is 16.9 Å². The van der Waals surface area contributed by atoms with Gasteiger partial charge in [-0.15, -0.1) is 0 Å². The molecule has 0 bridgehead atoms. The standard InChI is InChI=1S/C12H23N3S/c1-10-7-13-11(16-8-10)14-9-12(15(2)3)5-4-6-12/h10H,4-9H2,1-3H3,(H,13,14). The number of rotatable bonds is 3. The van der Waals surface area contributed by atoms with E-state index >= 15 is 0 Å². The maximum Gasteiger partial charge on any atom is 0.156 e. The van der Waals surface area contributed by atoms with Crippen molar-refractivity contribution < 1.29 is 0 Å². The molecular weight excluding hydrogens is 218 g/mol. The molecule has 2 rings (SSSR count). The monoisotopic (exact) mass is 241 g/mol. The topological polar surface area (TPSA) is 27.6 Å². The summed E-state index contributed by atoms with van der Waals surface area (Å²) in [5.41, 5.74) is 0.395. The van der Waals surface area contributed by atoms with Crippen LogP contribution in [0.2, 0.25) is 0 Å². The predicted octanol–water partition coefficient (Wildman–Crippen LogP) is 1.80. The molecule has 16 heavy (non-hydrogen) atoms. The van der Waals surface area contributed by atoms with E-state index in [1.165, 1.54) is 25.0 Å². The lowest BCUT2D eigenvalue weighted by Gasteiger charge is -2.47. The molecular formula is C12H23N3S. The quantitative estimate of drug-likeness (QED) is 0.816. The van der Waals surface area contributed by atoms with Crippen molar-refractivity contribution in [3.63, 3.8) is 0 Å². The largest absolute Gasteiger partial charge is 0.363 e. The average Bonchev–Trinajstić information content (AvgIpc) is 2.18. The molecule has 2 aliphatic rings. The van der Waals surface area contributed by atoms with E-state index in [0.29, 0.717) is 5.54 Å². The minimum atomic E-state index is 0.395. The van der Waals surface area contributed by atoms with Crippen LogP contribution in [0.4, 0.5) is 0 Å². The second kappa shape index (κ2) is 4.96. The van der Waals surface area contributed by atoms with Gasteiger partial charge in [0.15, 0.2) is 5.17 Å². The molecule has 4 heteroatoms. The van der Waals surface area contributed by atoms with Gasteiger partial charge in [0.1, 0.15) is 0 Å². The maximum absolute atomic E-state index is 4.58. The minimum Gasteiger partial charge on any atom is -0.363 e. The molecule has 92 valence electrons. The summed E-state index contributed by atoms with van der Waals surface area (Å²) in [4.78, 5) is 6.96. The first kappa shape index (κ1) is 12.2. The number of aliphatic imine (C=N–C) groups is 1. The van der Waals surface area contributed by atoms with E-state index in [2.05, 4.69) is 36.2 Å². The molecule has 0 aromatic heterocycles. The van der Waals surface area contributed by atoms with E-state index < -0.39 is 0 Å². The Balaban J connectivity index is 1.82. The van der Waals surface area contributed by atoms with Gasteiger partial charge in [-0.05, 0) is 39.3 Å². The molecule has 1 N–H and O–H groups in total. The van der Waals surface area contributed by atoms with Gasteiger partial charge in [0.05, 0.1) is 0 Å². The molecule has 1 aliphatic carbocycles. The Morgan fingerprint density at radius 2 is 2.25 bits per heavy atom. The molecule has 1 aliphatic heterocycles. The lowest BCUT2D eigenvalue weighted by Crippen LogP contribution is -2.57. The number of likely N-dealkylation sites (N-methyl/N-ethyl adjacent to an activating group) is 1. The third-order valence-corrected chi connectivity index (χ3v) is 5.14. The molecule has 0 spiro atoms. The highest BCUT2D eigenvalue weighted by molar-refractivity contribution is 8.13. The molecule has 1 saturated carbocycles. The molecule has 0 aromatic rings. The van der Waals surface area contributed by atoms with Crippen LogP contribution in [0.3, 0.4) is 0 Å². The molecule has 0 saturated heterocycles. The molecule has 0 radical (unpaired) electrons. The van der Waals surface area contributed by atoms with Crippen molar-refractivity contribution in [2.45, 2.75) is 31.7 Å². The first-order chi connectivity index (χ1) is 7.62. The molecule has 3 nitrogen and oxygen atoms in total. The van der Waals surface area contributed by atoms with E-state index in [-0.39, 0.29) is 0 Å². The Morgan fingerprint density at radius 1 is 1.50 bits per heavy atom. The van der Waals surface area contributed by atoms with Crippen LogP contribution in [0.15, 0.2) is 4.99 Å². The summed E-state index contributed by atoms with van der Waals surface area (Å²) >= 11 is 1.88. The Bertz CT molecular complexity index is 271. The summed E-state index contributed by atoms with van der Waals surface area (Å²) in [5.74, 6) is 1.95.